The van der Waals surface area contributed by atoms with Crippen LogP contribution < -0.4 is 10.5 Å². The number of carbonyl (C=O) groups is 1. The molecule has 3 heterocycles. The quantitative estimate of drug-likeness (QED) is 0.230. The number of nitrogens with two attached hydrogens (primary N) is 1. The third-order valence-corrected chi connectivity index (χ3v) is 8.48. The molecule has 1 aliphatic carbocycles. The molecule has 3 N–H and O–H groups in total. The molecular weight excluding hydrogens is 637 g/mol. The van der Waals surface area contributed by atoms with E-state index in [-0.39, 0.29) is 18.5 Å². The largest absolute Gasteiger partial charge is 0.471 e. The number of primary amides is 1. The summed E-state index contributed by atoms with van der Waals surface area (Å²) in [6.45, 7) is 1.80. The van der Waals surface area contributed by atoms with E-state index >= 15 is 0 Å². The number of amides is 1. The summed E-state index contributed by atoms with van der Waals surface area (Å²) in [6.07, 6.45) is 1.86. The minimum Gasteiger partial charge on any atom is -0.471 e. The van der Waals surface area contributed by atoms with E-state index in [9.17, 15) is 13.6 Å². The van der Waals surface area contributed by atoms with Crippen molar-refractivity contribution in [1.82, 2.24) is 15.2 Å². The van der Waals surface area contributed by atoms with Crippen LogP contribution in [0.4, 0.5) is 8.78 Å². The zero-order chi connectivity index (χ0) is 29.4. The van der Waals surface area contributed by atoms with Crippen LogP contribution in [0.2, 0.25) is 10.0 Å². The number of fused-ring (bicyclic) bond motifs is 1. The predicted molar refractivity (Wildman–Crippen MR) is 160 cm³/mol. The molecule has 4 aromatic rings. The lowest BCUT2D eigenvalue weighted by Crippen LogP contribution is -2.45. The van der Waals surface area contributed by atoms with E-state index in [0.29, 0.717) is 34.5 Å². The maximum absolute atomic E-state index is 13.8. The van der Waals surface area contributed by atoms with Crippen LogP contribution in [0, 0.1) is 6.92 Å². The fraction of sp³-hybridized carbons (Fsp3) is 0.300. The van der Waals surface area contributed by atoms with Gasteiger partial charge in [-0.25, -0.2) is 13.8 Å². The molecule has 1 saturated carbocycles. The van der Waals surface area contributed by atoms with Gasteiger partial charge in [-0.1, -0.05) is 57.3 Å². The van der Waals surface area contributed by atoms with Crippen LogP contribution in [-0.2, 0) is 6.42 Å². The molecule has 0 atom stereocenters. The first-order chi connectivity index (χ1) is 19.4. The molecule has 6 rings (SSSR count). The summed E-state index contributed by atoms with van der Waals surface area (Å²) < 4.78 is 34.8. The molecule has 11 heteroatoms. The van der Waals surface area contributed by atoms with E-state index in [1.807, 2.05) is 42.5 Å². The van der Waals surface area contributed by atoms with E-state index < -0.39 is 17.4 Å². The van der Waals surface area contributed by atoms with Crippen molar-refractivity contribution in [2.24, 2.45) is 5.73 Å². The van der Waals surface area contributed by atoms with Crippen molar-refractivity contribution in [2.75, 3.05) is 0 Å². The highest BCUT2D eigenvalue weighted by Crippen LogP contribution is 2.47. The summed E-state index contributed by atoms with van der Waals surface area (Å²) in [5.41, 5.74) is 9.82. The number of hydrogen-bond acceptors (Lipinski definition) is 4. The Morgan fingerprint density at radius 1 is 1.00 bits per heavy atom. The molecule has 0 saturated heterocycles. The third-order valence-electron chi connectivity index (χ3n) is 7.42. The highest BCUT2D eigenvalue weighted by molar-refractivity contribution is 9.10. The summed E-state index contributed by atoms with van der Waals surface area (Å²) in [7, 11) is 0. The van der Waals surface area contributed by atoms with Gasteiger partial charge >= 0.3 is 0 Å². The van der Waals surface area contributed by atoms with Crippen molar-refractivity contribution in [1.29, 1.82) is 0 Å². The summed E-state index contributed by atoms with van der Waals surface area (Å²) >= 11 is 16.1. The van der Waals surface area contributed by atoms with Crippen LogP contribution in [0.15, 0.2) is 59.1 Å². The second-order valence-corrected chi connectivity index (χ2v) is 12.2. The average molecular weight is 664 g/mol. The Morgan fingerprint density at radius 2 is 1.71 bits per heavy atom. The maximum atomic E-state index is 13.8. The first-order valence-electron chi connectivity index (χ1n) is 13.1. The topological polar surface area (TPSA) is 93.9 Å². The van der Waals surface area contributed by atoms with Crippen LogP contribution in [0.25, 0.3) is 22.4 Å². The number of nitrogens with one attached hydrogen (secondary N) is 1. The third kappa shape index (κ3) is 6.74. The number of halogens is 5. The highest BCUT2D eigenvalue weighted by atomic mass is 79.9. The highest BCUT2D eigenvalue weighted by Gasteiger charge is 2.46. The first kappa shape index (κ1) is 29.5. The zero-order valence-corrected chi connectivity index (χ0v) is 25.2. The number of carbonyl (C=O) groups excluding carboxylic acids is 1. The predicted octanol–water partition coefficient (Wildman–Crippen LogP) is 8.58. The molecule has 1 spiro atoms. The van der Waals surface area contributed by atoms with Crippen LogP contribution in [0.5, 0.6) is 5.88 Å². The van der Waals surface area contributed by atoms with E-state index in [0.717, 1.165) is 45.3 Å². The van der Waals surface area contributed by atoms with Gasteiger partial charge < -0.3 is 10.5 Å². The van der Waals surface area contributed by atoms with E-state index in [1.165, 1.54) is 0 Å². The number of H-pyrrole nitrogens is 1. The number of aromatic amines is 1. The molecule has 0 radical (unpaired) electrons. The SMILES string of the molecule is Cc1cc(C(N)=O)n[nH]1.FC1(F)CCC2(CCc3cc(-c4ccc(Cl)cc4)c(-c4ccc(Br)cc4Cl)nc3O2)CC1. The summed E-state index contributed by atoms with van der Waals surface area (Å²) in [5, 5.41) is 7.43. The van der Waals surface area contributed by atoms with Gasteiger partial charge in [-0.05, 0) is 74.6 Å². The second kappa shape index (κ2) is 11.7. The van der Waals surface area contributed by atoms with E-state index in [1.54, 1.807) is 13.0 Å². The summed E-state index contributed by atoms with van der Waals surface area (Å²) in [4.78, 5) is 15.3. The lowest BCUT2D eigenvalue weighted by Gasteiger charge is -2.43. The molecule has 2 aromatic carbocycles. The fourth-order valence-electron chi connectivity index (χ4n) is 5.13. The molecule has 1 amide bonds. The minimum absolute atomic E-state index is 0.142. The van der Waals surface area contributed by atoms with E-state index in [2.05, 4.69) is 32.2 Å². The number of hydrogen-bond donors (Lipinski definition) is 2. The van der Waals surface area contributed by atoms with Gasteiger partial charge in [-0.3, -0.25) is 9.89 Å². The number of ether oxygens (including phenoxy) is 1. The summed E-state index contributed by atoms with van der Waals surface area (Å²) in [6, 6.07) is 16.9. The first-order valence-corrected chi connectivity index (χ1v) is 14.6. The molecule has 41 heavy (non-hydrogen) atoms. The molecule has 0 bridgehead atoms. The number of aryl methyl sites for hydroxylation is 2. The fourth-order valence-corrected chi connectivity index (χ4v) is 6.02. The Balaban J connectivity index is 0.000000321. The smallest absolute Gasteiger partial charge is 0.269 e. The molecule has 214 valence electrons. The standard InChI is InChI=1S/C25H20BrCl2F2NO.C5H7N3O/c26-17-3-6-19(21(28)14-17)22-20(15-1-4-18(27)5-2-15)13-16-7-8-24(32-23(16)31-22)9-11-25(29,30)12-10-24;1-3-2-4(5(6)9)8-7-3/h1-6,13-14H,7-12H2;2H,1H3,(H2,6,9)(H,7,8). The molecule has 1 aliphatic heterocycles. The van der Waals surface area contributed by atoms with Gasteiger partial charge in [-0.15, -0.1) is 0 Å². The Bertz CT molecular complexity index is 1580. The summed E-state index contributed by atoms with van der Waals surface area (Å²) in [5.74, 6) is -2.58. The van der Waals surface area contributed by atoms with Gasteiger partial charge in [0.05, 0.1) is 10.7 Å². The van der Waals surface area contributed by atoms with Crippen molar-refractivity contribution in [3.8, 4) is 28.3 Å². The zero-order valence-electron chi connectivity index (χ0n) is 22.1. The Kier molecular flexibility index (Phi) is 8.41. The molecule has 0 unspecified atom stereocenters. The number of nitrogens with zero attached hydrogens (tertiary/aromatic N) is 2. The van der Waals surface area contributed by atoms with Crippen molar-refractivity contribution in [3.63, 3.8) is 0 Å². The lowest BCUT2D eigenvalue weighted by atomic mass is 9.77. The molecule has 2 aliphatic rings. The minimum atomic E-state index is -2.60. The number of rotatable bonds is 3. The van der Waals surface area contributed by atoms with Crippen molar-refractivity contribution in [2.45, 2.75) is 57.0 Å². The van der Waals surface area contributed by atoms with Gasteiger partial charge in [0.25, 0.3) is 5.91 Å². The normalized spacial score (nSPS) is 16.7. The van der Waals surface area contributed by atoms with Gasteiger partial charge in [-0.2, -0.15) is 5.10 Å². The Hall–Kier alpha value is -3.01. The van der Waals surface area contributed by atoms with Crippen LogP contribution in [0.3, 0.4) is 0 Å². The van der Waals surface area contributed by atoms with Crippen LogP contribution >= 0.6 is 39.1 Å². The molecular formula is C30H27BrCl2F2N4O2. The maximum Gasteiger partial charge on any atom is 0.269 e. The van der Waals surface area contributed by atoms with Crippen LogP contribution in [-0.4, -0.2) is 32.6 Å². The Morgan fingerprint density at radius 3 is 2.29 bits per heavy atom. The number of pyridine rings is 1. The van der Waals surface area contributed by atoms with Crippen molar-refractivity contribution < 1.29 is 18.3 Å². The van der Waals surface area contributed by atoms with E-state index in [4.69, 9.17) is 38.7 Å². The number of aromatic nitrogens is 3. The molecule has 1 fully saturated rings. The van der Waals surface area contributed by atoms with Crippen molar-refractivity contribution >= 4 is 45.0 Å². The van der Waals surface area contributed by atoms with Gasteiger partial charge in [0.15, 0.2) is 0 Å². The second-order valence-electron chi connectivity index (χ2n) is 10.4. The average Bonchev–Trinajstić information content (AvgIpc) is 3.38. The van der Waals surface area contributed by atoms with Crippen LogP contribution in [0.1, 0.15) is 53.8 Å². The Labute approximate surface area is 254 Å². The van der Waals surface area contributed by atoms with Gasteiger partial charge in [0.1, 0.15) is 11.3 Å². The van der Waals surface area contributed by atoms with Gasteiger partial charge in [0, 0.05) is 44.7 Å². The lowest BCUT2D eigenvalue weighted by molar-refractivity contribution is -0.100. The monoisotopic (exact) mass is 662 g/mol. The van der Waals surface area contributed by atoms with Crippen molar-refractivity contribution in [3.05, 3.63) is 86.1 Å². The van der Waals surface area contributed by atoms with Gasteiger partial charge in [0.2, 0.25) is 11.8 Å². The number of alkyl halides is 2. The number of benzene rings is 2. The molecule has 6 nitrogen and oxygen atoms in total. The molecule has 2 aromatic heterocycles.